The number of anilines is 2. The lowest BCUT2D eigenvalue weighted by molar-refractivity contribution is 1.19. The van der Waals surface area contributed by atoms with Crippen molar-refractivity contribution < 1.29 is 0 Å². The highest BCUT2D eigenvalue weighted by atomic mass is 35.5. The Morgan fingerprint density at radius 2 is 2.11 bits per heavy atom. The van der Waals surface area contributed by atoms with Gasteiger partial charge in [0.05, 0.1) is 16.1 Å². The van der Waals surface area contributed by atoms with Crippen molar-refractivity contribution in [3.05, 3.63) is 46.6 Å². The van der Waals surface area contributed by atoms with Gasteiger partial charge in [-0.1, -0.05) is 30.7 Å². The predicted molar refractivity (Wildman–Crippen MR) is 81.5 cm³/mol. The van der Waals surface area contributed by atoms with E-state index < -0.39 is 0 Å². The molecule has 1 N–H and O–H groups in total. The molecule has 19 heavy (non-hydrogen) atoms. The first-order valence-electron chi connectivity index (χ1n) is 6.03. The lowest BCUT2D eigenvalue weighted by Crippen LogP contribution is -1.95. The summed E-state index contributed by atoms with van der Waals surface area (Å²) in [6.45, 7) is 2.14. The number of benzene rings is 1. The summed E-state index contributed by atoms with van der Waals surface area (Å²) in [5.74, 6) is 0.800. The number of thiophene rings is 1. The van der Waals surface area contributed by atoms with Crippen LogP contribution < -0.4 is 5.32 Å². The minimum absolute atomic E-state index is 0.681. The Hall–Kier alpha value is -1.65. The number of halogens is 1. The lowest BCUT2D eigenvalue weighted by Gasteiger charge is -2.07. The van der Waals surface area contributed by atoms with E-state index in [-0.39, 0.29) is 0 Å². The van der Waals surface area contributed by atoms with Crippen LogP contribution in [0, 0.1) is 0 Å². The zero-order valence-corrected chi connectivity index (χ0v) is 11.9. The molecule has 2 aromatic heterocycles. The number of hydrogen-bond donors (Lipinski definition) is 1. The maximum Gasteiger partial charge on any atom is 0.142 e. The quantitative estimate of drug-likeness (QED) is 0.762. The number of aryl methyl sites for hydroxylation is 1. The highest BCUT2D eigenvalue weighted by molar-refractivity contribution is 7.18. The summed E-state index contributed by atoms with van der Waals surface area (Å²) in [5.41, 5.74) is 0.855. The minimum atomic E-state index is 0.681. The van der Waals surface area contributed by atoms with Crippen LogP contribution in [0.3, 0.4) is 0 Å². The van der Waals surface area contributed by atoms with E-state index in [1.165, 1.54) is 4.88 Å². The summed E-state index contributed by atoms with van der Waals surface area (Å²) in [6.07, 6.45) is 2.59. The Morgan fingerprint density at radius 3 is 2.89 bits per heavy atom. The highest BCUT2D eigenvalue weighted by Crippen LogP contribution is 2.31. The van der Waals surface area contributed by atoms with Crippen LogP contribution in [0.15, 0.2) is 36.7 Å². The van der Waals surface area contributed by atoms with Gasteiger partial charge in [-0.2, -0.15) is 0 Å². The van der Waals surface area contributed by atoms with Gasteiger partial charge in [0.15, 0.2) is 0 Å². The summed E-state index contributed by atoms with van der Waals surface area (Å²) in [4.78, 5) is 10.9. The fourth-order valence-corrected chi connectivity index (χ4v) is 2.99. The molecule has 3 rings (SSSR count). The average molecular weight is 290 g/mol. The number of aromatic nitrogens is 2. The second-order valence-corrected chi connectivity index (χ2v) is 5.63. The van der Waals surface area contributed by atoms with Gasteiger partial charge in [0, 0.05) is 4.88 Å². The molecule has 0 radical (unpaired) electrons. The molecular weight excluding hydrogens is 278 g/mol. The molecule has 3 aromatic rings. The van der Waals surface area contributed by atoms with Crippen LogP contribution in [-0.2, 0) is 6.42 Å². The van der Waals surface area contributed by atoms with E-state index in [0.29, 0.717) is 5.02 Å². The first kappa shape index (κ1) is 12.4. The molecular formula is C14H12ClN3S. The van der Waals surface area contributed by atoms with Crippen LogP contribution in [0.2, 0.25) is 5.02 Å². The summed E-state index contributed by atoms with van der Waals surface area (Å²) in [6, 6.07) is 9.77. The van der Waals surface area contributed by atoms with Gasteiger partial charge in [-0.3, -0.25) is 0 Å². The van der Waals surface area contributed by atoms with Gasteiger partial charge < -0.3 is 5.32 Å². The van der Waals surface area contributed by atoms with Crippen LogP contribution in [0.1, 0.15) is 11.8 Å². The van der Waals surface area contributed by atoms with Crippen LogP contribution >= 0.6 is 22.9 Å². The Labute approximate surface area is 120 Å². The van der Waals surface area contributed by atoms with Crippen molar-refractivity contribution in [2.45, 2.75) is 13.3 Å². The van der Waals surface area contributed by atoms with E-state index in [1.54, 1.807) is 17.7 Å². The van der Waals surface area contributed by atoms with Gasteiger partial charge in [-0.25, -0.2) is 9.97 Å². The molecule has 96 valence electrons. The lowest BCUT2D eigenvalue weighted by atomic mass is 10.3. The second-order valence-electron chi connectivity index (χ2n) is 4.11. The van der Waals surface area contributed by atoms with Crippen molar-refractivity contribution in [3.8, 4) is 0 Å². The van der Waals surface area contributed by atoms with Gasteiger partial charge in [0.25, 0.3) is 0 Å². The Bertz CT molecular complexity index is 724. The Balaban J connectivity index is 2.05. The summed E-state index contributed by atoms with van der Waals surface area (Å²) in [7, 11) is 0. The number of hydrogen-bond acceptors (Lipinski definition) is 4. The van der Waals surface area contributed by atoms with Gasteiger partial charge in [-0.15, -0.1) is 11.3 Å². The molecule has 2 heterocycles. The molecule has 0 saturated carbocycles. The zero-order chi connectivity index (χ0) is 13.2. The molecule has 0 amide bonds. The van der Waals surface area contributed by atoms with E-state index in [1.807, 2.05) is 24.3 Å². The number of para-hydroxylation sites is 1. The maximum absolute atomic E-state index is 6.15. The van der Waals surface area contributed by atoms with E-state index in [2.05, 4.69) is 28.3 Å². The van der Waals surface area contributed by atoms with Gasteiger partial charge in [0.2, 0.25) is 0 Å². The topological polar surface area (TPSA) is 37.8 Å². The summed E-state index contributed by atoms with van der Waals surface area (Å²) >= 11 is 7.86. The van der Waals surface area contributed by atoms with E-state index in [0.717, 1.165) is 28.1 Å². The third kappa shape index (κ3) is 2.41. The van der Waals surface area contributed by atoms with Crippen molar-refractivity contribution in [1.82, 2.24) is 9.97 Å². The molecule has 0 bridgehead atoms. The molecule has 0 spiro atoms. The monoisotopic (exact) mass is 289 g/mol. The smallest absolute Gasteiger partial charge is 0.142 e. The zero-order valence-electron chi connectivity index (χ0n) is 10.4. The predicted octanol–water partition coefficient (Wildman–Crippen LogP) is 4.65. The van der Waals surface area contributed by atoms with Crippen molar-refractivity contribution in [2.75, 3.05) is 5.32 Å². The summed E-state index contributed by atoms with van der Waals surface area (Å²) < 4.78 is 0. The number of nitrogens with zero attached hydrogens (tertiary/aromatic N) is 2. The third-order valence-corrected chi connectivity index (χ3v) is 4.37. The molecule has 0 aliphatic carbocycles. The van der Waals surface area contributed by atoms with Crippen LogP contribution in [-0.4, -0.2) is 9.97 Å². The van der Waals surface area contributed by atoms with Crippen molar-refractivity contribution >= 4 is 44.7 Å². The van der Waals surface area contributed by atoms with Gasteiger partial charge in [0.1, 0.15) is 17.0 Å². The molecule has 5 heteroatoms. The molecule has 0 aliphatic rings. The molecule has 0 fully saturated rings. The molecule has 0 saturated heterocycles. The third-order valence-electron chi connectivity index (χ3n) is 2.86. The highest BCUT2D eigenvalue weighted by Gasteiger charge is 2.09. The Morgan fingerprint density at radius 1 is 1.26 bits per heavy atom. The van der Waals surface area contributed by atoms with E-state index >= 15 is 0 Å². The van der Waals surface area contributed by atoms with E-state index in [9.17, 15) is 0 Å². The number of nitrogens with one attached hydrogen (secondary N) is 1. The molecule has 0 atom stereocenters. The van der Waals surface area contributed by atoms with Crippen molar-refractivity contribution in [2.24, 2.45) is 0 Å². The molecule has 0 unspecified atom stereocenters. The largest absolute Gasteiger partial charge is 0.338 e. The summed E-state index contributed by atoms with van der Waals surface area (Å²) in [5, 5.41) is 5.00. The molecule has 3 nitrogen and oxygen atoms in total. The van der Waals surface area contributed by atoms with Crippen LogP contribution in [0.4, 0.5) is 11.5 Å². The van der Waals surface area contributed by atoms with Gasteiger partial charge in [-0.05, 0) is 24.6 Å². The first-order chi connectivity index (χ1) is 9.28. The Kier molecular flexibility index (Phi) is 3.36. The normalized spacial score (nSPS) is 10.8. The van der Waals surface area contributed by atoms with Crippen LogP contribution in [0.25, 0.3) is 10.2 Å². The maximum atomic E-state index is 6.15. The standard InChI is InChI=1S/C14H12ClN3S/c1-2-9-7-10-13(16-8-17-14(10)19-9)18-12-6-4-3-5-11(12)15/h3-8H,2H2,1H3,(H,16,17,18). The minimum Gasteiger partial charge on any atom is -0.338 e. The van der Waals surface area contributed by atoms with Crippen molar-refractivity contribution in [1.29, 1.82) is 0 Å². The van der Waals surface area contributed by atoms with Crippen molar-refractivity contribution in [3.63, 3.8) is 0 Å². The SMILES string of the molecule is CCc1cc2c(Nc3ccccc3Cl)ncnc2s1. The fraction of sp³-hybridized carbons (Fsp3) is 0.143. The second kappa shape index (κ2) is 5.15. The molecule has 0 aliphatic heterocycles. The van der Waals surface area contributed by atoms with Gasteiger partial charge >= 0.3 is 0 Å². The number of rotatable bonds is 3. The fourth-order valence-electron chi connectivity index (χ4n) is 1.87. The number of fused-ring (bicyclic) bond motifs is 1. The first-order valence-corrected chi connectivity index (χ1v) is 7.22. The average Bonchev–Trinajstić information content (AvgIpc) is 2.85. The van der Waals surface area contributed by atoms with E-state index in [4.69, 9.17) is 11.6 Å². The van der Waals surface area contributed by atoms with Crippen LogP contribution in [0.5, 0.6) is 0 Å². The molecule has 1 aromatic carbocycles.